The van der Waals surface area contributed by atoms with Crippen LogP contribution < -0.4 is 0 Å². The van der Waals surface area contributed by atoms with E-state index in [-0.39, 0.29) is 6.42 Å². The molecule has 0 saturated heterocycles. The zero-order valence-electron chi connectivity index (χ0n) is 13.5. The van der Waals surface area contributed by atoms with Crippen LogP contribution in [0.2, 0.25) is 0 Å². The van der Waals surface area contributed by atoms with Gasteiger partial charge in [-0.2, -0.15) is 0 Å². The Bertz CT molecular complexity index is 550. The quantitative estimate of drug-likeness (QED) is 0.928. The van der Waals surface area contributed by atoms with Crippen molar-refractivity contribution < 1.29 is 23.8 Å². The van der Waals surface area contributed by atoms with Crippen LogP contribution in [0.3, 0.4) is 0 Å². The van der Waals surface area contributed by atoms with Crippen LogP contribution in [-0.4, -0.2) is 40.3 Å². The Morgan fingerprint density at radius 3 is 2.09 bits per heavy atom. The van der Waals surface area contributed by atoms with Gasteiger partial charge in [-0.25, -0.2) is 14.0 Å². The molecule has 1 atom stereocenters. The van der Waals surface area contributed by atoms with E-state index in [0.29, 0.717) is 5.56 Å². The molecule has 0 aliphatic rings. The summed E-state index contributed by atoms with van der Waals surface area (Å²) in [5, 5.41) is 9.54. The smallest absolute Gasteiger partial charge is 0.410 e. The van der Waals surface area contributed by atoms with Crippen LogP contribution in [0.1, 0.15) is 33.3 Å². The summed E-state index contributed by atoms with van der Waals surface area (Å²) >= 11 is 0. The van der Waals surface area contributed by atoms with E-state index in [2.05, 4.69) is 0 Å². The first-order valence-corrected chi connectivity index (χ1v) is 6.90. The Labute approximate surface area is 129 Å². The highest BCUT2D eigenvalue weighted by molar-refractivity contribution is 5.84. The van der Waals surface area contributed by atoms with E-state index in [1.54, 1.807) is 20.8 Å². The van der Waals surface area contributed by atoms with Crippen LogP contribution in [0.25, 0.3) is 0 Å². The molecule has 1 N–H and O–H groups in total. The summed E-state index contributed by atoms with van der Waals surface area (Å²) in [6.45, 7) is 6.55. The molecule has 1 amide bonds. The lowest BCUT2D eigenvalue weighted by Gasteiger charge is -2.36. The van der Waals surface area contributed by atoms with E-state index < -0.39 is 29.0 Å². The average Bonchev–Trinajstić information content (AvgIpc) is 2.38. The van der Waals surface area contributed by atoms with Crippen LogP contribution in [-0.2, 0) is 16.0 Å². The van der Waals surface area contributed by atoms with E-state index in [1.165, 1.54) is 38.2 Å². The van der Waals surface area contributed by atoms with Crippen LogP contribution in [0.5, 0.6) is 0 Å². The third kappa shape index (κ3) is 4.44. The zero-order chi connectivity index (χ0) is 17.1. The molecular formula is C16H22FNO4. The molecule has 0 aromatic heterocycles. The van der Waals surface area contributed by atoms with Gasteiger partial charge in [0.15, 0.2) is 0 Å². The molecule has 122 valence electrons. The maximum atomic E-state index is 12.9. The number of rotatable bonds is 4. The molecule has 0 saturated carbocycles. The van der Waals surface area contributed by atoms with Crippen molar-refractivity contribution in [1.82, 2.24) is 4.90 Å². The van der Waals surface area contributed by atoms with Gasteiger partial charge in [-0.3, -0.25) is 4.90 Å². The summed E-state index contributed by atoms with van der Waals surface area (Å²) in [6, 6.07) is 5.51. The second-order valence-corrected chi connectivity index (χ2v) is 6.42. The summed E-state index contributed by atoms with van der Waals surface area (Å²) in [5.41, 5.74) is -1.61. The molecule has 0 aliphatic heterocycles. The highest BCUT2D eigenvalue weighted by atomic mass is 19.1. The minimum absolute atomic E-state index is 0.0400. The van der Waals surface area contributed by atoms with E-state index >= 15 is 0 Å². The molecule has 1 rings (SSSR count). The normalized spacial score (nSPS) is 14.1. The fourth-order valence-corrected chi connectivity index (χ4v) is 1.87. The standard InChI is InChI=1S/C16H22FNO4/c1-15(2,3)22-14(21)18(5)16(4,13(19)20)10-11-6-8-12(17)9-7-11/h6-9H,10H2,1-5H3,(H,19,20). The number of carboxylic acid groups (broad SMARTS) is 1. The fraction of sp³-hybridized carbons (Fsp3) is 0.500. The summed E-state index contributed by atoms with van der Waals surface area (Å²) in [7, 11) is 1.38. The SMILES string of the molecule is CN(C(=O)OC(C)(C)C)C(C)(Cc1ccc(F)cc1)C(=O)O. The fourth-order valence-electron chi connectivity index (χ4n) is 1.87. The maximum absolute atomic E-state index is 12.9. The number of halogens is 1. The number of likely N-dealkylation sites (N-methyl/N-ethyl adjacent to an activating group) is 1. The molecule has 22 heavy (non-hydrogen) atoms. The molecule has 0 radical (unpaired) electrons. The van der Waals surface area contributed by atoms with Gasteiger partial charge in [0, 0.05) is 13.5 Å². The molecule has 1 aromatic carbocycles. The minimum Gasteiger partial charge on any atom is -0.479 e. The first kappa shape index (κ1) is 17.9. The maximum Gasteiger partial charge on any atom is 0.410 e. The van der Waals surface area contributed by atoms with Crippen LogP contribution in [0.15, 0.2) is 24.3 Å². The third-order valence-corrected chi connectivity index (χ3v) is 3.33. The summed E-state index contributed by atoms with van der Waals surface area (Å²) < 4.78 is 18.2. The van der Waals surface area contributed by atoms with E-state index in [9.17, 15) is 19.1 Å². The molecule has 0 bridgehead atoms. The Balaban J connectivity index is 3.01. The van der Waals surface area contributed by atoms with Crippen LogP contribution in [0, 0.1) is 5.82 Å². The molecule has 0 spiro atoms. The van der Waals surface area contributed by atoms with Gasteiger partial charge in [0.05, 0.1) is 0 Å². The predicted molar refractivity (Wildman–Crippen MR) is 80.1 cm³/mol. The van der Waals surface area contributed by atoms with Gasteiger partial charge >= 0.3 is 12.1 Å². The topological polar surface area (TPSA) is 66.8 Å². The summed E-state index contributed by atoms with van der Waals surface area (Å²) in [4.78, 5) is 24.9. The lowest BCUT2D eigenvalue weighted by atomic mass is 9.91. The number of hydrogen-bond donors (Lipinski definition) is 1. The Morgan fingerprint density at radius 1 is 1.18 bits per heavy atom. The highest BCUT2D eigenvalue weighted by Crippen LogP contribution is 2.23. The van der Waals surface area contributed by atoms with Crippen molar-refractivity contribution in [2.24, 2.45) is 0 Å². The summed E-state index contributed by atoms with van der Waals surface area (Å²) in [6.07, 6.45) is -0.683. The van der Waals surface area contributed by atoms with Gasteiger partial charge < -0.3 is 9.84 Å². The number of ether oxygens (including phenoxy) is 1. The number of aliphatic carboxylic acids is 1. The van der Waals surface area contributed by atoms with Gasteiger partial charge in [0.1, 0.15) is 17.0 Å². The summed E-state index contributed by atoms with van der Waals surface area (Å²) in [5.74, 6) is -1.56. The van der Waals surface area contributed by atoms with E-state index in [4.69, 9.17) is 4.74 Å². The van der Waals surface area contributed by atoms with Crippen molar-refractivity contribution >= 4 is 12.1 Å². The molecule has 0 aliphatic carbocycles. The number of hydrogen-bond acceptors (Lipinski definition) is 3. The van der Waals surface area contributed by atoms with E-state index in [0.717, 1.165) is 4.90 Å². The molecule has 5 nitrogen and oxygen atoms in total. The molecule has 0 fully saturated rings. The predicted octanol–water partition coefficient (Wildman–Crippen LogP) is 3.08. The van der Waals surface area contributed by atoms with Crippen molar-refractivity contribution in [1.29, 1.82) is 0 Å². The highest BCUT2D eigenvalue weighted by Gasteiger charge is 2.42. The number of amides is 1. The lowest BCUT2D eigenvalue weighted by Crippen LogP contribution is -2.55. The number of carbonyl (C=O) groups excluding carboxylic acids is 1. The number of nitrogens with zero attached hydrogens (tertiary/aromatic N) is 1. The van der Waals surface area contributed by atoms with Crippen molar-refractivity contribution in [3.8, 4) is 0 Å². The Kier molecular flexibility index (Phi) is 5.17. The lowest BCUT2D eigenvalue weighted by molar-refractivity contribution is -0.149. The average molecular weight is 311 g/mol. The van der Waals surface area contributed by atoms with Crippen LogP contribution >= 0.6 is 0 Å². The second kappa shape index (κ2) is 6.34. The second-order valence-electron chi connectivity index (χ2n) is 6.42. The minimum atomic E-state index is -1.50. The van der Waals surface area contributed by atoms with Crippen molar-refractivity contribution in [2.45, 2.75) is 45.3 Å². The van der Waals surface area contributed by atoms with Gasteiger partial charge in [0.25, 0.3) is 0 Å². The first-order valence-electron chi connectivity index (χ1n) is 6.90. The molecular weight excluding hydrogens is 289 g/mol. The molecule has 6 heteroatoms. The van der Waals surface area contributed by atoms with Crippen LogP contribution in [0.4, 0.5) is 9.18 Å². The van der Waals surface area contributed by atoms with Crippen molar-refractivity contribution in [2.75, 3.05) is 7.05 Å². The van der Waals surface area contributed by atoms with E-state index in [1.807, 2.05) is 0 Å². The van der Waals surface area contributed by atoms with Crippen molar-refractivity contribution in [3.05, 3.63) is 35.6 Å². The van der Waals surface area contributed by atoms with Gasteiger partial charge in [-0.05, 0) is 45.4 Å². The van der Waals surface area contributed by atoms with Gasteiger partial charge in [0.2, 0.25) is 0 Å². The van der Waals surface area contributed by atoms with Gasteiger partial charge in [-0.15, -0.1) is 0 Å². The first-order chi connectivity index (χ1) is 9.95. The number of benzene rings is 1. The molecule has 1 unspecified atom stereocenters. The Morgan fingerprint density at radius 2 is 1.68 bits per heavy atom. The van der Waals surface area contributed by atoms with Crippen molar-refractivity contribution in [3.63, 3.8) is 0 Å². The van der Waals surface area contributed by atoms with Gasteiger partial charge in [-0.1, -0.05) is 12.1 Å². The number of carbonyl (C=O) groups is 2. The monoisotopic (exact) mass is 311 g/mol. The largest absolute Gasteiger partial charge is 0.479 e. The number of carboxylic acids is 1. The zero-order valence-corrected chi connectivity index (χ0v) is 13.5. The molecule has 0 heterocycles. The molecule has 1 aromatic rings. The third-order valence-electron chi connectivity index (χ3n) is 3.33. The Hall–Kier alpha value is -2.11.